The molecule has 3 heterocycles. The predicted octanol–water partition coefficient (Wildman–Crippen LogP) is 2.11. The molecule has 160 valence electrons. The predicted molar refractivity (Wildman–Crippen MR) is 117 cm³/mol. The lowest BCUT2D eigenvalue weighted by molar-refractivity contribution is -0.127. The molecule has 8 nitrogen and oxygen atoms in total. The van der Waals surface area contributed by atoms with E-state index in [1.807, 2.05) is 29.8 Å². The molecule has 30 heavy (non-hydrogen) atoms. The largest absolute Gasteiger partial charge is 0.354 e. The minimum absolute atomic E-state index is 0.000270. The summed E-state index contributed by atoms with van der Waals surface area (Å²) in [4.78, 5) is 37.8. The highest BCUT2D eigenvalue weighted by Crippen LogP contribution is 2.24. The topological polar surface area (TPSA) is 90.5 Å². The van der Waals surface area contributed by atoms with Crippen molar-refractivity contribution >= 4 is 34.1 Å². The molecule has 0 unspecified atom stereocenters. The Labute approximate surface area is 180 Å². The molecule has 0 bridgehead atoms. The van der Waals surface area contributed by atoms with Gasteiger partial charge < -0.3 is 15.5 Å². The van der Waals surface area contributed by atoms with Crippen molar-refractivity contribution in [1.29, 1.82) is 0 Å². The summed E-state index contributed by atoms with van der Waals surface area (Å²) in [7, 11) is 0. The number of piperazine rings is 1. The summed E-state index contributed by atoms with van der Waals surface area (Å²) in [5.41, 5.74) is 0.955. The fourth-order valence-electron chi connectivity index (χ4n) is 4.01. The quantitative estimate of drug-likeness (QED) is 0.702. The smallest absolute Gasteiger partial charge is 0.245 e. The summed E-state index contributed by atoms with van der Waals surface area (Å²) < 4.78 is 0. The van der Waals surface area contributed by atoms with Crippen molar-refractivity contribution in [2.24, 2.45) is 5.92 Å². The number of pyridine rings is 1. The van der Waals surface area contributed by atoms with Crippen LogP contribution in [-0.4, -0.2) is 59.4 Å². The van der Waals surface area contributed by atoms with Crippen molar-refractivity contribution < 1.29 is 9.59 Å². The molecule has 2 aromatic heterocycles. The number of nitrogens with one attached hydrogen (secondary N) is 2. The highest BCUT2D eigenvalue weighted by atomic mass is 32.1. The van der Waals surface area contributed by atoms with Crippen molar-refractivity contribution in [3.63, 3.8) is 0 Å². The molecule has 2 fully saturated rings. The van der Waals surface area contributed by atoms with Gasteiger partial charge in [-0.2, -0.15) is 0 Å². The SMILES string of the molecule is O=C(CNC(=O)C1CCCC1)Nc1nc(CN2CCN(c3ccccn3)CC2)cs1. The third kappa shape index (κ3) is 5.54. The second kappa shape index (κ2) is 9.99. The zero-order valence-electron chi connectivity index (χ0n) is 17.0. The normalized spacial score (nSPS) is 17.8. The number of anilines is 2. The first kappa shape index (κ1) is 20.7. The second-order valence-corrected chi connectivity index (χ2v) is 8.70. The standard InChI is InChI=1S/C21H28N6O2S/c28-19(13-23-20(29)16-5-1-2-6-16)25-21-24-17(15-30-21)14-26-9-11-27(12-10-26)18-7-3-4-8-22-18/h3-4,7-8,15-16H,1-2,5-6,9-14H2,(H,23,29)(H,24,25,28). The fraction of sp³-hybridized carbons (Fsp3) is 0.524. The Hall–Kier alpha value is -2.52. The maximum atomic E-state index is 12.1. The van der Waals surface area contributed by atoms with Crippen LogP contribution in [0.3, 0.4) is 0 Å². The molecule has 1 saturated carbocycles. The average molecular weight is 429 g/mol. The van der Waals surface area contributed by atoms with E-state index in [1.54, 1.807) is 0 Å². The molecule has 1 aliphatic carbocycles. The Morgan fingerprint density at radius 3 is 2.67 bits per heavy atom. The molecule has 4 rings (SSSR count). The summed E-state index contributed by atoms with van der Waals surface area (Å²) >= 11 is 1.42. The first-order valence-corrected chi connectivity index (χ1v) is 11.5. The lowest BCUT2D eigenvalue weighted by Gasteiger charge is -2.35. The molecule has 2 N–H and O–H groups in total. The number of carbonyl (C=O) groups is 2. The summed E-state index contributed by atoms with van der Waals surface area (Å²) in [6.07, 6.45) is 5.89. The van der Waals surface area contributed by atoms with Crippen LogP contribution in [0, 0.1) is 5.92 Å². The van der Waals surface area contributed by atoms with Crippen LogP contribution in [0.25, 0.3) is 0 Å². The number of carbonyl (C=O) groups excluding carboxylic acids is 2. The van der Waals surface area contributed by atoms with Crippen LogP contribution >= 0.6 is 11.3 Å². The van der Waals surface area contributed by atoms with E-state index in [1.165, 1.54) is 11.3 Å². The summed E-state index contributed by atoms with van der Waals surface area (Å²) in [6.45, 7) is 4.53. The Balaban J connectivity index is 1.19. The van der Waals surface area contributed by atoms with Crippen molar-refractivity contribution in [3.05, 3.63) is 35.5 Å². The maximum Gasteiger partial charge on any atom is 0.245 e. The third-order valence-electron chi connectivity index (χ3n) is 5.68. The first-order valence-electron chi connectivity index (χ1n) is 10.6. The van der Waals surface area contributed by atoms with E-state index in [9.17, 15) is 9.59 Å². The lowest BCUT2D eigenvalue weighted by atomic mass is 10.1. The molecular weight excluding hydrogens is 400 g/mol. The molecule has 1 aliphatic heterocycles. The monoisotopic (exact) mass is 428 g/mol. The zero-order valence-corrected chi connectivity index (χ0v) is 17.9. The molecule has 2 amide bonds. The minimum atomic E-state index is -0.230. The molecule has 0 aromatic carbocycles. The number of hydrogen-bond acceptors (Lipinski definition) is 7. The van der Waals surface area contributed by atoms with Crippen LogP contribution in [0.1, 0.15) is 31.4 Å². The van der Waals surface area contributed by atoms with Gasteiger partial charge in [-0.15, -0.1) is 11.3 Å². The first-order chi connectivity index (χ1) is 14.7. The molecule has 2 aromatic rings. The second-order valence-electron chi connectivity index (χ2n) is 7.84. The van der Waals surface area contributed by atoms with Gasteiger partial charge in [0.2, 0.25) is 11.8 Å². The van der Waals surface area contributed by atoms with Gasteiger partial charge in [-0.05, 0) is 25.0 Å². The van der Waals surface area contributed by atoms with Crippen molar-refractivity contribution in [1.82, 2.24) is 20.2 Å². The van der Waals surface area contributed by atoms with Crippen LogP contribution in [0.4, 0.5) is 10.9 Å². The lowest BCUT2D eigenvalue weighted by Crippen LogP contribution is -2.46. The van der Waals surface area contributed by atoms with Gasteiger partial charge in [-0.1, -0.05) is 18.9 Å². The van der Waals surface area contributed by atoms with Gasteiger partial charge in [-0.3, -0.25) is 14.5 Å². The fourth-order valence-corrected chi connectivity index (χ4v) is 4.72. The Morgan fingerprint density at radius 2 is 1.93 bits per heavy atom. The van der Waals surface area contributed by atoms with Gasteiger partial charge in [0.15, 0.2) is 5.13 Å². The minimum Gasteiger partial charge on any atom is -0.354 e. The van der Waals surface area contributed by atoms with Gasteiger partial charge in [0.05, 0.1) is 12.2 Å². The number of thiazole rings is 1. The summed E-state index contributed by atoms with van der Waals surface area (Å²) in [5.74, 6) is 0.858. The van der Waals surface area contributed by atoms with Gasteiger partial charge in [0.1, 0.15) is 5.82 Å². The van der Waals surface area contributed by atoms with Crippen molar-refractivity contribution in [3.8, 4) is 0 Å². The Morgan fingerprint density at radius 1 is 1.13 bits per heavy atom. The van der Waals surface area contributed by atoms with Gasteiger partial charge in [-0.25, -0.2) is 9.97 Å². The Kier molecular flexibility index (Phi) is 6.91. The molecule has 1 saturated heterocycles. The molecular formula is C21H28N6O2S. The zero-order chi connectivity index (χ0) is 20.8. The van der Waals surface area contributed by atoms with E-state index in [-0.39, 0.29) is 24.3 Å². The molecule has 0 atom stereocenters. The van der Waals surface area contributed by atoms with E-state index in [0.717, 1.165) is 69.9 Å². The summed E-state index contributed by atoms with van der Waals surface area (Å²) in [6, 6.07) is 5.99. The van der Waals surface area contributed by atoms with Gasteiger partial charge in [0.25, 0.3) is 0 Å². The van der Waals surface area contributed by atoms with Crippen LogP contribution in [0.5, 0.6) is 0 Å². The molecule has 2 aliphatic rings. The van der Waals surface area contributed by atoms with Crippen LogP contribution in [0.2, 0.25) is 0 Å². The third-order valence-corrected chi connectivity index (χ3v) is 6.48. The van der Waals surface area contributed by atoms with Crippen molar-refractivity contribution in [2.75, 3.05) is 42.9 Å². The van der Waals surface area contributed by atoms with Gasteiger partial charge >= 0.3 is 0 Å². The highest BCUT2D eigenvalue weighted by Gasteiger charge is 2.23. The van der Waals surface area contributed by atoms with E-state index in [0.29, 0.717) is 5.13 Å². The van der Waals surface area contributed by atoms with Crippen molar-refractivity contribution in [2.45, 2.75) is 32.2 Å². The number of hydrogen-bond donors (Lipinski definition) is 2. The highest BCUT2D eigenvalue weighted by molar-refractivity contribution is 7.13. The van der Waals surface area contributed by atoms with E-state index in [2.05, 4.69) is 30.4 Å². The number of amides is 2. The van der Waals surface area contributed by atoms with Gasteiger partial charge in [0, 0.05) is 50.2 Å². The maximum absolute atomic E-state index is 12.1. The molecule has 0 radical (unpaired) electrons. The number of rotatable bonds is 7. The van der Waals surface area contributed by atoms with Crippen LogP contribution in [0.15, 0.2) is 29.8 Å². The van der Waals surface area contributed by atoms with E-state index in [4.69, 9.17) is 0 Å². The summed E-state index contributed by atoms with van der Waals surface area (Å²) in [5, 5.41) is 8.10. The number of nitrogens with zero attached hydrogens (tertiary/aromatic N) is 4. The van der Waals surface area contributed by atoms with Crippen LogP contribution in [-0.2, 0) is 16.1 Å². The average Bonchev–Trinajstić information content (AvgIpc) is 3.46. The van der Waals surface area contributed by atoms with Crippen LogP contribution < -0.4 is 15.5 Å². The molecule has 9 heteroatoms. The Bertz CT molecular complexity index is 844. The molecule has 0 spiro atoms. The van der Waals surface area contributed by atoms with E-state index >= 15 is 0 Å². The number of aromatic nitrogens is 2. The van der Waals surface area contributed by atoms with E-state index < -0.39 is 0 Å².